The van der Waals surface area contributed by atoms with Gasteiger partial charge in [0.05, 0.1) is 11.5 Å². The molecule has 1 aliphatic carbocycles. The van der Waals surface area contributed by atoms with Crippen molar-refractivity contribution < 1.29 is 17.9 Å². The normalized spacial score (nSPS) is 27.2. The van der Waals surface area contributed by atoms with Crippen LogP contribution in [0.15, 0.2) is 17.0 Å². The van der Waals surface area contributed by atoms with Crippen molar-refractivity contribution in [2.75, 3.05) is 26.8 Å². The molecule has 0 bridgehead atoms. The standard InChI is InChI=1S/C19H28N2O4S/c1-12-6-14(7-15(13(12)2)26(20,23)24)17(22)21-8-16-18(3,4)9-19(16,10-21)11-25-5/h6-7,16H,8-11H2,1-5H3,(H2,20,23,24)/t16-,19-/m1/s1. The van der Waals surface area contributed by atoms with E-state index < -0.39 is 10.0 Å². The van der Waals surface area contributed by atoms with Crippen LogP contribution in [0.2, 0.25) is 0 Å². The highest BCUT2D eigenvalue weighted by Crippen LogP contribution is 2.62. The lowest BCUT2D eigenvalue weighted by atomic mass is 9.48. The molecule has 26 heavy (non-hydrogen) atoms. The lowest BCUT2D eigenvalue weighted by Gasteiger charge is -2.56. The van der Waals surface area contributed by atoms with Gasteiger partial charge < -0.3 is 9.64 Å². The van der Waals surface area contributed by atoms with Crippen molar-refractivity contribution in [2.24, 2.45) is 21.9 Å². The second-order valence-electron chi connectivity index (χ2n) is 8.66. The van der Waals surface area contributed by atoms with Gasteiger partial charge in [0.25, 0.3) is 5.91 Å². The number of ether oxygens (including phenoxy) is 1. The number of primary sulfonamides is 1. The second-order valence-corrected chi connectivity index (χ2v) is 10.2. The molecule has 1 aromatic carbocycles. The zero-order chi connectivity index (χ0) is 19.5. The molecule has 2 N–H and O–H groups in total. The monoisotopic (exact) mass is 380 g/mol. The number of rotatable bonds is 4. The number of hydrogen-bond donors (Lipinski definition) is 1. The summed E-state index contributed by atoms with van der Waals surface area (Å²) in [5, 5.41) is 5.33. The molecule has 0 aromatic heterocycles. The van der Waals surface area contributed by atoms with Crippen molar-refractivity contribution in [3.8, 4) is 0 Å². The number of aryl methyl sites for hydroxylation is 1. The maximum atomic E-state index is 13.1. The molecular weight excluding hydrogens is 352 g/mol. The van der Waals surface area contributed by atoms with Crippen molar-refractivity contribution in [1.29, 1.82) is 0 Å². The summed E-state index contributed by atoms with van der Waals surface area (Å²) in [6.45, 7) is 9.92. The third-order valence-electron chi connectivity index (χ3n) is 6.29. The molecule has 2 fully saturated rings. The fraction of sp³-hybridized carbons (Fsp3) is 0.632. The highest BCUT2D eigenvalue weighted by molar-refractivity contribution is 7.89. The van der Waals surface area contributed by atoms with E-state index in [0.29, 0.717) is 36.7 Å². The zero-order valence-electron chi connectivity index (χ0n) is 16.1. The van der Waals surface area contributed by atoms with Crippen LogP contribution < -0.4 is 5.14 Å². The first kappa shape index (κ1) is 19.3. The third-order valence-corrected chi connectivity index (χ3v) is 7.33. The van der Waals surface area contributed by atoms with E-state index >= 15 is 0 Å². The van der Waals surface area contributed by atoms with Gasteiger partial charge in [-0.25, -0.2) is 13.6 Å². The Hall–Kier alpha value is -1.44. The predicted molar refractivity (Wildman–Crippen MR) is 99.4 cm³/mol. The molecular formula is C19H28N2O4S. The first-order valence-corrected chi connectivity index (χ1v) is 10.4. The number of hydrogen-bond acceptors (Lipinski definition) is 4. The number of amides is 1. The first-order chi connectivity index (χ1) is 11.9. The van der Waals surface area contributed by atoms with E-state index in [-0.39, 0.29) is 21.6 Å². The molecule has 144 valence electrons. The summed E-state index contributed by atoms with van der Waals surface area (Å²) in [5.41, 5.74) is 1.90. The van der Waals surface area contributed by atoms with Crippen LogP contribution >= 0.6 is 0 Å². The highest BCUT2D eigenvalue weighted by Gasteiger charge is 2.63. The van der Waals surface area contributed by atoms with E-state index in [2.05, 4.69) is 13.8 Å². The fourth-order valence-electron chi connectivity index (χ4n) is 5.19. The molecule has 1 saturated carbocycles. The van der Waals surface area contributed by atoms with Gasteiger partial charge in [-0.05, 0) is 54.9 Å². The first-order valence-electron chi connectivity index (χ1n) is 8.83. The number of fused-ring (bicyclic) bond motifs is 1. The maximum absolute atomic E-state index is 13.1. The summed E-state index contributed by atoms with van der Waals surface area (Å²) in [6.07, 6.45) is 1.03. The Morgan fingerprint density at radius 3 is 2.54 bits per heavy atom. The molecule has 0 spiro atoms. The van der Waals surface area contributed by atoms with Gasteiger partial charge in [-0.2, -0.15) is 0 Å². The highest BCUT2D eigenvalue weighted by atomic mass is 32.2. The van der Waals surface area contributed by atoms with Crippen LogP contribution in [0.5, 0.6) is 0 Å². The minimum atomic E-state index is -3.87. The molecule has 2 atom stereocenters. The average Bonchev–Trinajstić information content (AvgIpc) is 2.83. The van der Waals surface area contributed by atoms with Gasteiger partial charge in [0.2, 0.25) is 10.0 Å². The number of likely N-dealkylation sites (tertiary alicyclic amines) is 1. The molecule has 2 aliphatic rings. The Kier molecular flexibility index (Phi) is 4.49. The molecule has 0 unspecified atom stereocenters. The SMILES string of the molecule is COC[C@@]12CN(C(=O)c3cc(C)c(C)c(S(N)(=O)=O)c3)C[C@@H]1C(C)(C)C2. The summed E-state index contributed by atoms with van der Waals surface area (Å²) >= 11 is 0. The van der Waals surface area contributed by atoms with Crippen LogP contribution in [-0.2, 0) is 14.8 Å². The number of sulfonamides is 1. The van der Waals surface area contributed by atoms with E-state index in [0.717, 1.165) is 12.0 Å². The van der Waals surface area contributed by atoms with Crippen LogP contribution in [0.25, 0.3) is 0 Å². The number of benzene rings is 1. The van der Waals surface area contributed by atoms with Crippen LogP contribution in [0, 0.1) is 30.6 Å². The molecule has 1 aromatic rings. The van der Waals surface area contributed by atoms with Crippen molar-refractivity contribution in [3.63, 3.8) is 0 Å². The van der Waals surface area contributed by atoms with Crippen LogP contribution in [-0.4, -0.2) is 46.0 Å². The van der Waals surface area contributed by atoms with E-state index in [4.69, 9.17) is 9.88 Å². The minimum absolute atomic E-state index is 0.0103. The van der Waals surface area contributed by atoms with Gasteiger partial charge in [0.15, 0.2) is 0 Å². The molecule has 1 heterocycles. The zero-order valence-corrected chi connectivity index (χ0v) is 16.9. The Bertz CT molecular complexity index is 863. The third kappa shape index (κ3) is 2.96. The van der Waals surface area contributed by atoms with Crippen LogP contribution in [0.4, 0.5) is 0 Å². The maximum Gasteiger partial charge on any atom is 0.253 e. The fourth-order valence-corrected chi connectivity index (χ4v) is 6.07. The quantitative estimate of drug-likeness (QED) is 0.866. The van der Waals surface area contributed by atoms with Gasteiger partial charge in [-0.1, -0.05) is 13.8 Å². The van der Waals surface area contributed by atoms with Gasteiger partial charge in [-0.15, -0.1) is 0 Å². The molecule has 0 radical (unpaired) electrons. The molecule has 3 rings (SSSR count). The van der Waals surface area contributed by atoms with Crippen LogP contribution in [0.3, 0.4) is 0 Å². The molecule has 6 nitrogen and oxygen atoms in total. The van der Waals surface area contributed by atoms with E-state index in [9.17, 15) is 13.2 Å². The largest absolute Gasteiger partial charge is 0.384 e. The Morgan fingerprint density at radius 2 is 2.00 bits per heavy atom. The van der Waals surface area contributed by atoms with Crippen molar-refractivity contribution in [1.82, 2.24) is 4.90 Å². The van der Waals surface area contributed by atoms with Crippen molar-refractivity contribution >= 4 is 15.9 Å². The number of carbonyl (C=O) groups excluding carboxylic acids is 1. The Morgan fingerprint density at radius 1 is 1.35 bits per heavy atom. The van der Waals surface area contributed by atoms with Gasteiger partial charge in [0, 0.05) is 31.2 Å². The Labute approximate surface area is 155 Å². The molecule has 1 aliphatic heterocycles. The van der Waals surface area contributed by atoms with Crippen molar-refractivity contribution in [2.45, 2.75) is 39.0 Å². The average molecular weight is 381 g/mol. The number of carbonyl (C=O) groups is 1. The summed E-state index contributed by atoms with van der Waals surface area (Å²) in [6, 6.07) is 3.16. The number of methoxy groups -OCH3 is 1. The smallest absolute Gasteiger partial charge is 0.253 e. The van der Waals surface area contributed by atoms with E-state index in [1.165, 1.54) is 6.07 Å². The topological polar surface area (TPSA) is 89.7 Å². The molecule has 7 heteroatoms. The summed E-state index contributed by atoms with van der Waals surface area (Å²) in [5.74, 6) is 0.252. The summed E-state index contributed by atoms with van der Waals surface area (Å²) < 4.78 is 29.2. The lowest BCUT2D eigenvalue weighted by Crippen LogP contribution is -2.55. The minimum Gasteiger partial charge on any atom is -0.384 e. The van der Waals surface area contributed by atoms with Gasteiger partial charge in [-0.3, -0.25) is 4.79 Å². The lowest BCUT2D eigenvalue weighted by molar-refractivity contribution is -0.107. The number of nitrogens with two attached hydrogens (primary N) is 1. The van der Waals surface area contributed by atoms with Crippen molar-refractivity contribution in [3.05, 3.63) is 28.8 Å². The summed E-state index contributed by atoms with van der Waals surface area (Å²) in [7, 11) is -2.18. The second kappa shape index (κ2) is 6.04. The van der Waals surface area contributed by atoms with E-state index in [1.54, 1.807) is 27.0 Å². The number of nitrogens with zero attached hydrogens (tertiary/aromatic N) is 1. The molecule has 1 amide bonds. The van der Waals surface area contributed by atoms with Gasteiger partial charge in [0.1, 0.15) is 0 Å². The Balaban J connectivity index is 1.93. The van der Waals surface area contributed by atoms with E-state index in [1.807, 2.05) is 4.90 Å². The molecule has 1 saturated heterocycles. The van der Waals surface area contributed by atoms with Gasteiger partial charge >= 0.3 is 0 Å². The summed E-state index contributed by atoms with van der Waals surface area (Å²) in [4.78, 5) is 15.0. The van der Waals surface area contributed by atoms with Crippen LogP contribution in [0.1, 0.15) is 41.8 Å². The predicted octanol–water partition coefficient (Wildman–Crippen LogP) is 2.09.